The summed E-state index contributed by atoms with van der Waals surface area (Å²) in [5, 5.41) is 14.3. The summed E-state index contributed by atoms with van der Waals surface area (Å²) in [6.45, 7) is 3.78. The van der Waals surface area contributed by atoms with Gasteiger partial charge in [-0.2, -0.15) is 0 Å². The summed E-state index contributed by atoms with van der Waals surface area (Å²) >= 11 is 0. The molecule has 1 aliphatic rings. The lowest BCUT2D eigenvalue weighted by molar-refractivity contribution is -0.132. The van der Waals surface area contributed by atoms with Gasteiger partial charge < -0.3 is 20.5 Å². The first kappa shape index (κ1) is 24.0. The molecular weight excluding hydrogens is 420 g/mol. The number of carboxylic acid groups (broad SMARTS) is 1. The molecule has 0 radical (unpaired) electrons. The van der Waals surface area contributed by atoms with E-state index < -0.39 is 12.1 Å². The highest BCUT2D eigenvalue weighted by Gasteiger charge is 2.29. The van der Waals surface area contributed by atoms with Gasteiger partial charge in [0.25, 0.3) is 0 Å². The summed E-state index contributed by atoms with van der Waals surface area (Å²) in [6, 6.07) is 15.9. The van der Waals surface area contributed by atoms with Crippen LogP contribution in [-0.4, -0.2) is 42.3 Å². The summed E-state index contributed by atoms with van der Waals surface area (Å²) in [5.74, 6) is -1.31. The number of benzene rings is 2. The van der Waals surface area contributed by atoms with Gasteiger partial charge in [0.05, 0.1) is 0 Å². The van der Waals surface area contributed by atoms with Gasteiger partial charge in [0.15, 0.2) is 0 Å². The van der Waals surface area contributed by atoms with Crippen molar-refractivity contribution >= 4 is 18.0 Å². The predicted octanol–water partition coefficient (Wildman–Crippen LogP) is 4.23. The second kappa shape index (κ2) is 11.3. The Hall–Kier alpha value is -3.61. The number of hydrogen-bond donors (Lipinski definition) is 3. The van der Waals surface area contributed by atoms with Crippen LogP contribution >= 0.6 is 0 Å². The number of fused-ring (bicyclic) bond motifs is 3. The van der Waals surface area contributed by atoms with E-state index >= 15 is 0 Å². The Morgan fingerprint density at radius 3 is 2.24 bits per heavy atom. The Balaban J connectivity index is 1.55. The number of rotatable bonds is 10. The molecule has 0 aliphatic heterocycles. The van der Waals surface area contributed by atoms with E-state index in [1.54, 1.807) is 0 Å². The average Bonchev–Trinajstić information content (AvgIpc) is 3.11. The lowest BCUT2D eigenvalue weighted by Crippen LogP contribution is -2.40. The van der Waals surface area contributed by atoms with Crippen LogP contribution < -0.4 is 10.6 Å². The SMILES string of the molecule is CCCC(CC(=O)NC/C=C(\C)C(=O)O)NC(=O)OCC1c2ccccc2-c2ccccc21. The quantitative estimate of drug-likeness (QED) is 0.470. The topological polar surface area (TPSA) is 105 Å². The molecule has 1 aliphatic carbocycles. The maximum Gasteiger partial charge on any atom is 0.407 e. The summed E-state index contributed by atoms with van der Waals surface area (Å²) < 4.78 is 5.58. The van der Waals surface area contributed by atoms with Gasteiger partial charge in [-0.25, -0.2) is 9.59 Å². The van der Waals surface area contributed by atoms with Crippen molar-refractivity contribution in [3.05, 3.63) is 71.3 Å². The molecular formula is C26H30N2O5. The van der Waals surface area contributed by atoms with Crippen molar-refractivity contribution < 1.29 is 24.2 Å². The second-order valence-corrected chi connectivity index (χ2v) is 8.16. The fourth-order valence-electron chi connectivity index (χ4n) is 4.08. The Bertz CT molecular complexity index is 1000. The van der Waals surface area contributed by atoms with Crippen molar-refractivity contribution in [2.75, 3.05) is 13.2 Å². The number of carbonyl (C=O) groups is 3. The highest BCUT2D eigenvalue weighted by Crippen LogP contribution is 2.44. The summed E-state index contributed by atoms with van der Waals surface area (Å²) in [5.41, 5.74) is 4.77. The van der Waals surface area contributed by atoms with Crippen LogP contribution in [0.4, 0.5) is 4.79 Å². The molecule has 0 saturated heterocycles. The van der Waals surface area contributed by atoms with Crippen molar-refractivity contribution in [2.24, 2.45) is 0 Å². The van der Waals surface area contributed by atoms with Crippen LogP contribution in [-0.2, 0) is 14.3 Å². The summed E-state index contributed by atoms with van der Waals surface area (Å²) in [7, 11) is 0. The van der Waals surface area contributed by atoms with E-state index in [-0.39, 0.29) is 43.0 Å². The van der Waals surface area contributed by atoms with Crippen LogP contribution in [0.3, 0.4) is 0 Å². The Morgan fingerprint density at radius 1 is 1.06 bits per heavy atom. The zero-order chi connectivity index (χ0) is 23.8. The number of nitrogens with one attached hydrogen (secondary N) is 2. The molecule has 1 unspecified atom stereocenters. The van der Waals surface area contributed by atoms with E-state index in [0.717, 1.165) is 28.7 Å². The number of hydrogen-bond acceptors (Lipinski definition) is 4. The van der Waals surface area contributed by atoms with E-state index in [0.29, 0.717) is 6.42 Å². The van der Waals surface area contributed by atoms with Gasteiger partial charge >= 0.3 is 12.1 Å². The molecule has 0 heterocycles. The van der Waals surface area contributed by atoms with Crippen molar-refractivity contribution in [3.63, 3.8) is 0 Å². The predicted molar refractivity (Wildman–Crippen MR) is 126 cm³/mol. The van der Waals surface area contributed by atoms with E-state index in [1.807, 2.05) is 31.2 Å². The molecule has 0 spiro atoms. The van der Waals surface area contributed by atoms with Crippen molar-refractivity contribution in [3.8, 4) is 11.1 Å². The Labute approximate surface area is 193 Å². The average molecular weight is 451 g/mol. The largest absolute Gasteiger partial charge is 0.478 e. The van der Waals surface area contributed by atoms with Crippen molar-refractivity contribution in [1.82, 2.24) is 10.6 Å². The number of carboxylic acids is 1. The fourth-order valence-corrected chi connectivity index (χ4v) is 4.08. The molecule has 1 atom stereocenters. The number of amides is 2. The van der Waals surface area contributed by atoms with Crippen LogP contribution in [0, 0.1) is 0 Å². The molecule has 7 heteroatoms. The number of carbonyl (C=O) groups excluding carboxylic acids is 2. The third-order valence-corrected chi connectivity index (χ3v) is 5.78. The monoisotopic (exact) mass is 450 g/mol. The van der Waals surface area contributed by atoms with Gasteiger partial charge in [-0.3, -0.25) is 4.79 Å². The maximum absolute atomic E-state index is 12.5. The second-order valence-electron chi connectivity index (χ2n) is 8.16. The fraction of sp³-hybridized carbons (Fsp3) is 0.346. The molecule has 3 rings (SSSR count). The van der Waals surface area contributed by atoms with Gasteiger partial charge in [-0.1, -0.05) is 68.0 Å². The van der Waals surface area contributed by atoms with Crippen molar-refractivity contribution in [1.29, 1.82) is 0 Å². The maximum atomic E-state index is 12.5. The molecule has 0 bridgehead atoms. The Morgan fingerprint density at radius 2 is 1.67 bits per heavy atom. The third kappa shape index (κ3) is 6.22. The Kier molecular flexibility index (Phi) is 8.24. The first-order valence-corrected chi connectivity index (χ1v) is 11.2. The summed E-state index contributed by atoms with van der Waals surface area (Å²) in [4.78, 5) is 35.6. The highest BCUT2D eigenvalue weighted by molar-refractivity contribution is 5.86. The minimum Gasteiger partial charge on any atom is -0.478 e. The van der Waals surface area contributed by atoms with E-state index in [9.17, 15) is 14.4 Å². The minimum absolute atomic E-state index is 0.0275. The third-order valence-electron chi connectivity index (χ3n) is 5.78. The smallest absolute Gasteiger partial charge is 0.407 e. The lowest BCUT2D eigenvalue weighted by Gasteiger charge is -2.19. The van der Waals surface area contributed by atoms with Crippen LogP contribution in [0.25, 0.3) is 11.1 Å². The molecule has 7 nitrogen and oxygen atoms in total. The first-order chi connectivity index (χ1) is 15.9. The number of ether oxygens (including phenoxy) is 1. The normalized spacial score (nSPS) is 13.6. The zero-order valence-electron chi connectivity index (χ0n) is 19.0. The molecule has 2 amide bonds. The molecule has 0 aromatic heterocycles. The minimum atomic E-state index is -1.02. The van der Waals surface area contributed by atoms with Crippen molar-refractivity contribution in [2.45, 2.75) is 45.1 Å². The highest BCUT2D eigenvalue weighted by atomic mass is 16.5. The lowest BCUT2D eigenvalue weighted by atomic mass is 9.98. The zero-order valence-corrected chi connectivity index (χ0v) is 19.0. The number of aliphatic carboxylic acids is 1. The van der Waals surface area contributed by atoms with Crippen LogP contribution in [0.5, 0.6) is 0 Å². The van der Waals surface area contributed by atoms with Crippen LogP contribution in [0.1, 0.15) is 50.2 Å². The molecule has 2 aromatic carbocycles. The summed E-state index contributed by atoms with van der Waals surface area (Å²) in [6.07, 6.45) is 2.40. The first-order valence-electron chi connectivity index (χ1n) is 11.2. The molecule has 0 saturated carbocycles. The van der Waals surface area contributed by atoms with Gasteiger partial charge in [0.2, 0.25) is 5.91 Å². The van der Waals surface area contributed by atoms with Crippen LogP contribution in [0.2, 0.25) is 0 Å². The molecule has 3 N–H and O–H groups in total. The van der Waals surface area contributed by atoms with E-state index in [2.05, 4.69) is 34.9 Å². The van der Waals surface area contributed by atoms with Crippen LogP contribution in [0.15, 0.2) is 60.2 Å². The van der Waals surface area contributed by atoms with E-state index in [4.69, 9.17) is 9.84 Å². The van der Waals surface area contributed by atoms with Gasteiger partial charge in [-0.15, -0.1) is 0 Å². The van der Waals surface area contributed by atoms with Gasteiger partial charge in [0.1, 0.15) is 6.61 Å². The molecule has 33 heavy (non-hydrogen) atoms. The number of alkyl carbamates (subject to hydrolysis) is 1. The van der Waals surface area contributed by atoms with Gasteiger partial charge in [0, 0.05) is 30.5 Å². The standard InChI is InChI=1S/C26H30N2O5/c1-3-8-18(15-24(29)27-14-13-17(2)25(30)31)28-26(32)33-16-23-21-11-6-4-9-19(21)20-10-5-7-12-22(20)23/h4-7,9-13,18,23H,3,8,14-16H2,1-2H3,(H,27,29)(H,28,32)(H,30,31)/b17-13+. The molecule has 2 aromatic rings. The van der Waals surface area contributed by atoms with E-state index in [1.165, 1.54) is 13.0 Å². The molecule has 174 valence electrons. The van der Waals surface area contributed by atoms with Gasteiger partial charge in [-0.05, 0) is 35.6 Å². The molecule has 0 fully saturated rings.